The average Bonchev–Trinajstić information content (AvgIpc) is 2.96. The van der Waals surface area contributed by atoms with Crippen LogP contribution in [-0.4, -0.2) is 61.5 Å². The number of esters is 1. The van der Waals surface area contributed by atoms with Gasteiger partial charge in [0.25, 0.3) is 5.56 Å². The number of hydrogen-bond acceptors (Lipinski definition) is 5. The molecule has 1 N–H and O–H groups in total. The second kappa shape index (κ2) is 8.78. The summed E-state index contributed by atoms with van der Waals surface area (Å²) in [6.45, 7) is 5.14. The molecule has 0 aliphatic heterocycles. The molecule has 0 spiro atoms. The molecule has 0 aliphatic carbocycles. The number of aromatic amines is 1. The fourth-order valence-corrected chi connectivity index (χ4v) is 2.97. The molecule has 0 bridgehead atoms. The second-order valence-corrected chi connectivity index (χ2v) is 6.32. The van der Waals surface area contributed by atoms with Crippen molar-refractivity contribution in [1.82, 2.24) is 19.3 Å². The number of fused-ring (bicyclic) bond motifs is 1. The zero-order valence-electron chi connectivity index (χ0n) is 15.7. The fourth-order valence-electron chi connectivity index (χ4n) is 2.97. The summed E-state index contributed by atoms with van der Waals surface area (Å²) in [6, 6.07) is 3.93. The predicted molar refractivity (Wildman–Crippen MR) is 104 cm³/mol. The normalized spacial score (nSPS) is 12.5. The van der Waals surface area contributed by atoms with Gasteiger partial charge in [0.1, 0.15) is 11.7 Å². The van der Waals surface area contributed by atoms with Crippen molar-refractivity contribution in [3.05, 3.63) is 56.5 Å². The second-order valence-electron chi connectivity index (χ2n) is 6.32. The van der Waals surface area contributed by atoms with E-state index in [2.05, 4.69) is 5.10 Å². The molecular weight excluding hydrogens is 416 g/mol. The predicted octanol–water partition coefficient (Wildman–Crippen LogP) is 1.68. The van der Waals surface area contributed by atoms with Crippen LogP contribution in [-0.2, 0) is 15.7 Å². The van der Waals surface area contributed by atoms with Gasteiger partial charge in [0.05, 0.1) is 23.5 Å². The number of H-pyrrole nitrogens is 1. The van der Waals surface area contributed by atoms with Gasteiger partial charge in [-0.3, -0.25) is 9.48 Å². The van der Waals surface area contributed by atoms with Gasteiger partial charge in [0, 0.05) is 11.5 Å². The Hall–Kier alpha value is -2.37. The Labute approximate surface area is 189 Å². The summed E-state index contributed by atoms with van der Waals surface area (Å²) in [6.07, 6.45) is -4.85. The van der Waals surface area contributed by atoms with Crippen molar-refractivity contribution < 1.29 is 22.7 Å². The minimum atomic E-state index is -4.85. The van der Waals surface area contributed by atoms with Crippen LogP contribution in [0.1, 0.15) is 31.3 Å². The number of halogens is 3. The zero-order chi connectivity index (χ0) is 21.5. The Kier molecular flexibility index (Phi) is 7.00. The summed E-state index contributed by atoms with van der Waals surface area (Å²) < 4.78 is 45.4. The number of aromatic nitrogens is 4. The molecule has 0 amide bonds. The Balaban J connectivity index is 0.00000320. The quantitative estimate of drug-likeness (QED) is 0.498. The van der Waals surface area contributed by atoms with Gasteiger partial charge in [-0.15, -0.1) is 0 Å². The number of carbonyl (C=O) groups excluding carboxylic acids is 1. The zero-order valence-corrected chi connectivity index (χ0v) is 15.7. The van der Waals surface area contributed by atoms with Crippen molar-refractivity contribution in [3.63, 3.8) is 0 Å². The Bertz CT molecular complexity index is 1180. The SMILES string of the molecule is CCOC(=O)C(C)n1nc(C)c2ccc(-n3c(=O)cc(C(F)(F)F)[nH]c3=O)cc21.[NaH]. The summed E-state index contributed by atoms with van der Waals surface area (Å²) in [5.74, 6) is -0.521. The molecule has 2 aromatic heterocycles. The van der Waals surface area contributed by atoms with Gasteiger partial charge in [-0.25, -0.2) is 14.2 Å². The van der Waals surface area contributed by atoms with E-state index in [9.17, 15) is 27.6 Å². The van der Waals surface area contributed by atoms with E-state index in [4.69, 9.17) is 4.74 Å². The number of rotatable bonds is 4. The van der Waals surface area contributed by atoms with Crippen molar-refractivity contribution in [3.8, 4) is 5.69 Å². The van der Waals surface area contributed by atoms with E-state index < -0.39 is 35.1 Å². The van der Waals surface area contributed by atoms with E-state index in [0.717, 1.165) is 0 Å². The fraction of sp³-hybridized carbons (Fsp3) is 0.333. The van der Waals surface area contributed by atoms with E-state index in [1.165, 1.54) is 16.8 Å². The van der Waals surface area contributed by atoms with Crippen LogP contribution in [0, 0.1) is 6.92 Å². The van der Waals surface area contributed by atoms with Gasteiger partial charge in [-0.2, -0.15) is 18.3 Å². The van der Waals surface area contributed by atoms with Crippen molar-refractivity contribution >= 4 is 46.4 Å². The first-order chi connectivity index (χ1) is 13.5. The summed E-state index contributed by atoms with van der Waals surface area (Å²) >= 11 is 0. The number of alkyl halides is 3. The van der Waals surface area contributed by atoms with Gasteiger partial charge in [-0.1, -0.05) is 0 Å². The van der Waals surface area contributed by atoms with Crippen LogP contribution in [0.25, 0.3) is 16.6 Å². The van der Waals surface area contributed by atoms with E-state index in [1.54, 1.807) is 31.8 Å². The maximum atomic E-state index is 12.8. The molecule has 0 aliphatic rings. The first-order valence-corrected chi connectivity index (χ1v) is 8.64. The number of nitrogens with one attached hydrogen (secondary N) is 1. The Morgan fingerprint density at radius 2 is 1.93 bits per heavy atom. The number of hydrogen-bond donors (Lipinski definition) is 1. The van der Waals surface area contributed by atoms with Crippen molar-refractivity contribution in [2.24, 2.45) is 0 Å². The van der Waals surface area contributed by atoms with Crippen LogP contribution >= 0.6 is 0 Å². The van der Waals surface area contributed by atoms with Crippen molar-refractivity contribution in [2.45, 2.75) is 33.0 Å². The van der Waals surface area contributed by atoms with Crippen LogP contribution in [0.3, 0.4) is 0 Å². The molecule has 3 aromatic rings. The van der Waals surface area contributed by atoms with Crippen LogP contribution in [0.15, 0.2) is 33.9 Å². The van der Waals surface area contributed by atoms with E-state index in [0.29, 0.717) is 27.2 Å². The van der Waals surface area contributed by atoms with Gasteiger partial charge >= 0.3 is 47.4 Å². The topological polar surface area (TPSA) is 99.0 Å². The molecule has 2 heterocycles. The molecule has 12 heteroatoms. The molecule has 156 valence electrons. The van der Waals surface area contributed by atoms with Crippen LogP contribution in [0.5, 0.6) is 0 Å². The molecule has 8 nitrogen and oxygen atoms in total. The third-order valence-electron chi connectivity index (χ3n) is 4.37. The number of aryl methyl sites for hydroxylation is 1. The Morgan fingerprint density at radius 1 is 1.27 bits per heavy atom. The average molecular weight is 434 g/mol. The third kappa shape index (κ3) is 4.37. The summed E-state index contributed by atoms with van der Waals surface area (Å²) in [7, 11) is 0. The molecule has 0 radical (unpaired) electrons. The molecule has 0 saturated carbocycles. The number of benzene rings is 1. The molecule has 30 heavy (non-hydrogen) atoms. The Morgan fingerprint density at radius 3 is 2.50 bits per heavy atom. The van der Waals surface area contributed by atoms with Crippen LogP contribution in [0.4, 0.5) is 13.2 Å². The van der Waals surface area contributed by atoms with Gasteiger partial charge in [0.15, 0.2) is 0 Å². The number of carbonyl (C=O) groups is 1. The standard InChI is InChI=1S/C18H17F3N4O4.Na.H/c1-4-29-16(27)10(3)25-13-7-11(5-6-12(13)9(2)23-25)24-15(26)8-14(18(19,20)21)22-17(24)28;;/h5-8,10H,4H2,1-3H3,(H,22,28);;. The van der Waals surface area contributed by atoms with Crippen molar-refractivity contribution in [2.75, 3.05) is 6.61 Å². The number of nitrogens with zero attached hydrogens (tertiary/aromatic N) is 3. The molecular formula is C18H18F3N4NaO4. The third-order valence-corrected chi connectivity index (χ3v) is 4.37. The molecule has 0 fully saturated rings. The molecule has 1 unspecified atom stereocenters. The van der Waals surface area contributed by atoms with E-state index >= 15 is 0 Å². The van der Waals surface area contributed by atoms with Crippen molar-refractivity contribution in [1.29, 1.82) is 0 Å². The monoisotopic (exact) mass is 434 g/mol. The van der Waals surface area contributed by atoms with Crippen LogP contribution < -0.4 is 11.2 Å². The minimum absolute atomic E-state index is 0. The molecule has 1 atom stereocenters. The van der Waals surface area contributed by atoms with Gasteiger partial charge in [-0.05, 0) is 39.0 Å². The molecule has 0 saturated heterocycles. The molecule has 1 aromatic carbocycles. The van der Waals surface area contributed by atoms with Gasteiger partial charge < -0.3 is 9.72 Å². The first kappa shape index (κ1) is 23.9. The summed E-state index contributed by atoms with van der Waals surface area (Å²) in [4.78, 5) is 38.1. The van der Waals surface area contributed by atoms with E-state index in [-0.39, 0.29) is 41.9 Å². The maximum absolute atomic E-state index is 12.8. The van der Waals surface area contributed by atoms with Crippen LogP contribution in [0.2, 0.25) is 0 Å². The number of ether oxygens (including phenoxy) is 1. The van der Waals surface area contributed by atoms with E-state index in [1.807, 2.05) is 0 Å². The van der Waals surface area contributed by atoms with Gasteiger partial charge in [0.2, 0.25) is 0 Å². The molecule has 3 rings (SSSR count). The first-order valence-electron chi connectivity index (χ1n) is 8.64. The summed E-state index contributed by atoms with van der Waals surface area (Å²) in [5.41, 5.74) is -2.74. The summed E-state index contributed by atoms with van der Waals surface area (Å²) in [5, 5.41) is 4.97.